The predicted molar refractivity (Wildman–Crippen MR) is 89.5 cm³/mol. The molecule has 0 saturated carbocycles. The number of hydrogen-bond acceptors (Lipinski definition) is 4. The van der Waals surface area contributed by atoms with Crippen LogP contribution in [0.5, 0.6) is 5.75 Å². The second kappa shape index (κ2) is 7.00. The summed E-state index contributed by atoms with van der Waals surface area (Å²) in [6, 6.07) is 7.61. The zero-order valence-electron chi connectivity index (χ0n) is 13.5. The Hall–Kier alpha value is -2.76. The van der Waals surface area contributed by atoms with Crippen LogP contribution in [0.3, 0.4) is 0 Å². The van der Waals surface area contributed by atoms with Crippen LogP contribution in [0.25, 0.3) is 10.4 Å². The molecular weight excluding hydrogens is 290 g/mol. The molecule has 1 N–H and O–H groups in total. The van der Waals surface area contributed by atoms with Crippen molar-refractivity contribution in [2.75, 3.05) is 18.0 Å². The lowest BCUT2D eigenvalue weighted by molar-refractivity contribution is 0.251. The molecule has 0 aromatic heterocycles. The number of fused-ring (bicyclic) bond motifs is 1. The third-order valence-corrected chi connectivity index (χ3v) is 3.81. The molecule has 5 heteroatoms. The Bertz CT molecular complexity index is 729. The monoisotopic (exact) mass is 309 g/mol. The van der Waals surface area contributed by atoms with Crippen molar-refractivity contribution in [1.29, 1.82) is 5.26 Å². The fourth-order valence-corrected chi connectivity index (χ4v) is 2.58. The zero-order valence-corrected chi connectivity index (χ0v) is 13.5. The van der Waals surface area contributed by atoms with Gasteiger partial charge in [-0.15, -0.1) is 0 Å². The number of anilines is 1. The molecule has 1 aliphatic rings. The number of nitrogens with zero attached hydrogens (tertiary/aromatic N) is 3. The summed E-state index contributed by atoms with van der Waals surface area (Å²) >= 11 is 0. The molecule has 0 amide bonds. The molecule has 1 aliphatic heterocycles. The number of benzene rings is 1. The van der Waals surface area contributed by atoms with Crippen LogP contribution in [0.1, 0.15) is 26.3 Å². The molecule has 0 spiro atoms. The van der Waals surface area contributed by atoms with Crippen molar-refractivity contribution in [3.05, 3.63) is 52.7 Å². The molecule has 0 fully saturated rings. The minimum absolute atomic E-state index is 0.123. The molecule has 23 heavy (non-hydrogen) atoms. The number of hydrogen-bond donors (Lipinski definition) is 1. The molecule has 0 radical (unpaired) electrons. The second-order valence-corrected chi connectivity index (χ2v) is 5.17. The van der Waals surface area contributed by atoms with E-state index < -0.39 is 6.10 Å². The summed E-state index contributed by atoms with van der Waals surface area (Å²) in [4.78, 5) is 5.37. The zero-order chi connectivity index (χ0) is 17.0. The van der Waals surface area contributed by atoms with Gasteiger partial charge in [-0.1, -0.05) is 0 Å². The quantitative estimate of drug-likeness (QED) is 0.684. The summed E-state index contributed by atoms with van der Waals surface area (Å²) in [5.74, 6) is 0.738. The molecule has 1 aromatic carbocycles. The lowest BCUT2D eigenvalue weighted by Crippen LogP contribution is -2.22. The molecule has 1 aromatic rings. The Morgan fingerprint density at radius 3 is 2.65 bits per heavy atom. The van der Waals surface area contributed by atoms with E-state index in [0.717, 1.165) is 24.3 Å². The highest BCUT2D eigenvalue weighted by Crippen LogP contribution is 2.38. The average molecular weight is 309 g/mol. The van der Waals surface area contributed by atoms with Crippen LogP contribution >= 0.6 is 0 Å². The van der Waals surface area contributed by atoms with Crippen LogP contribution in [0.2, 0.25) is 0 Å². The molecule has 1 atom stereocenters. The first-order valence-corrected chi connectivity index (χ1v) is 7.54. The number of rotatable bonds is 4. The van der Waals surface area contributed by atoms with E-state index in [0.29, 0.717) is 11.3 Å². The lowest BCUT2D eigenvalue weighted by atomic mass is 9.96. The number of allylic oxidation sites excluding steroid dienone is 2. The Kier molecular flexibility index (Phi) is 5.05. The van der Waals surface area contributed by atoms with Crippen molar-refractivity contribution >= 4 is 11.3 Å². The minimum atomic E-state index is -0.724. The fourth-order valence-electron chi connectivity index (χ4n) is 2.58. The van der Waals surface area contributed by atoms with Gasteiger partial charge in [-0.05, 0) is 44.6 Å². The van der Waals surface area contributed by atoms with E-state index in [1.165, 1.54) is 0 Å². The van der Waals surface area contributed by atoms with Gasteiger partial charge in [0.05, 0.1) is 18.7 Å². The van der Waals surface area contributed by atoms with Gasteiger partial charge < -0.3 is 14.7 Å². The Morgan fingerprint density at radius 1 is 1.43 bits per heavy atom. The van der Waals surface area contributed by atoms with E-state index >= 15 is 0 Å². The van der Waals surface area contributed by atoms with Crippen LogP contribution in [-0.2, 0) is 0 Å². The SMILES string of the molecule is [C-]#[N+]/C(C#N)=C1\C=C(C(C)O)c2ccc(N(CC)CC)cc2O1. The van der Waals surface area contributed by atoms with Gasteiger partial charge in [-0.3, -0.25) is 0 Å². The van der Waals surface area contributed by atoms with E-state index in [2.05, 4.69) is 23.6 Å². The normalized spacial score (nSPS) is 16.2. The molecule has 0 bridgehead atoms. The van der Waals surface area contributed by atoms with Gasteiger partial charge in [0.1, 0.15) is 11.5 Å². The van der Waals surface area contributed by atoms with Crippen LogP contribution in [0.15, 0.2) is 35.7 Å². The van der Waals surface area contributed by atoms with E-state index in [9.17, 15) is 5.11 Å². The molecule has 1 heterocycles. The van der Waals surface area contributed by atoms with Crippen LogP contribution in [0.4, 0.5) is 5.69 Å². The van der Waals surface area contributed by atoms with Crippen molar-refractivity contribution in [3.63, 3.8) is 0 Å². The van der Waals surface area contributed by atoms with Gasteiger partial charge in [0.15, 0.2) is 0 Å². The van der Waals surface area contributed by atoms with Gasteiger partial charge in [0, 0.05) is 30.4 Å². The van der Waals surface area contributed by atoms with E-state index in [1.54, 1.807) is 13.0 Å². The summed E-state index contributed by atoms with van der Waals surface area (Å²) in [5.41, 5.74) is 2.30. The first kappa shape index (κ1) is 16.6. The van der Waals surface area contributed by atoms with Crippen LogP contribution in [0, 0.1) is 17.9 Å². The van der Waals surface area contributed by atoms with Crippen molar-refractivity contribution in [2.24, 2.45) is 0 Å². The molecule has 5 nitrogen and oxygen atoms in total. The van der Waals surface area contributed by atoms with Crippen molar-refractivity contribution in [2.45, 2.75) is 26.9 Å². The number of aliphatic hydroxyl groups is 1. The molecular formula is C18H19N3O2. The minimum Gasteiger partial charge on any atom is -0.467 e. The fraction of sp³-hybridized carbons (Fsp3) is 0.333. The molecule has 2 rings (SSSR count). The maximum Gasteiger partial charge on any atom is 0.303 e. The van der Waals surface area contributed by atoms with Gasteiger partial charge in [-0.2, -0.15) is 0 Å². The van der Waals surface area contributed by atoms with Crippen molar-refractivity contribution in [3.8, 4) is 11.8 Å². The molecule has 0 saturated heterocycles. The molecule has 118 valence electrons. The topological polar surface area (TPSA) is 60.8 Å². The highest BCUT2D eigenvalue weighted by molar-refractivity contribution is 5.79. The van der Waals surface area contributed by atoms with Crippen LogP contribution in [-0.4, -0.2) is 24.3 Å². The summed E-state index contributed by atoms with van der Waals surface area (Å²) < 4.78 is 5.77. The average Bonchev–Trinajstić information content (AvgIpc) is 2.56. The Balaban J connectivity index is 2.60. The smallest absolute Gasteiger partial charge is 0.303 e. The summed E-state index contributed by atoms with van der Waals surface area (Å²) in [5, 5.41) is 19.1. The number of ether oxygens (including phenoxy) is 1. The van der Waals surface area contributed by atoms with Crippen LogP contribution < -0.4 is 9.64 Å². The Labute approximate surface area is 136 Å². The van der Waals surface area contributed by atoms with E-state index in [-0.39, 0.29) is 11.5 Å². The predicted octanol–water partition coefficient (Wildman–Crippen LogP) is 3.34. The molecule has 0 aliphatic carbocycles. The summed E-state index contributed by atoms with van der Waals surface area (Å²) in [6.45, 7) is 14.6. The maximum absolute atomic E-state index is 10.0. The maximum atomic E-state index is 10.0. The van der Waals surface area contributed by atoms with Gasteiger partial charge in [0.2, 0.25) is 0 Å². The van der Waals surface area contributed by atoms with Gasteiger partial charge in [-0.25, -0.2) is 10.1 Å². The van der Waals surface area contributed by atoms with E-state index in [4.69, 9.17) is 16.6 Å². The first-order chi connectivity index (χ1) is 11.0. The van der Waals surface area contributed by atoms with Crippen molar-refractivity contribution in [1.82, 2.24) is 0 Å². The number of aliphatic hydroxyl groups excluding tert-OH is 1. The lowest BCUT2D eigenvalue weighted by Gasteiger charge is -2.26. The second-order valence-electron chi connectivity index (χ2n) is 5.17. The largest absolute Gasteiger partial charge is 0.467 e. The number of nitriles is 1. The van der Waals surface area contributed by atoms with Gasteiger partial charge in [0.25, 0.3) is 0 Å². The summed E-state index contributed by atoms with van der Waals surface area (Å²) in [6.07, 6.45) is 0.846. The molecule has 1 unspecified atom stereocenters. The first-order valence-electron chi connectivity index (χ1n) is 7.54. The highest BCUT2D eigenvalue weighted by Gasteiger charge is 2.23. The summed E-state index contributed by atoms with van der Waals surface area (Å²) in [7, 11) is 0. The Morgan fingerprint density at radius 2 is 2.13 bits per heavy atom. The van der Waals surface area contributed by atoms with Gasteiger partial charge >= 0.3 is 5.70 Å². The van der Waals surface area contributed by atoms with Crippen molar-refractivity contribution < 1.29 is 9.84 Å². The van der Waals surface area contributed by atoms with E-state index in [1.807, 2.05) is 24.3 Å². The standard InChI is InChI=1S/C18H19N3O2/c1-5-21(6-2)13-7-8-14-15(12(3)22)10-18(16(11-19)20-4)23-17(14)9-13/h7-10,12,22H,5-6H2,1-3H3/b18-16+. The highest BCUT2D eigenvalue weighted by atomic mass is 16.5. The third-order valence-electron chi connectivity index (χ3n) is 3.81. The third kappa shape index (κ3) is 3.21.